The molecule has 0 unspecified atom stereocenters. The van der Waals surface area contributed by atoms with E-state index < -0.39 is 23.8 Å². The summed E-state index contributed by atoms with van der Waals surface area (Å²) < 4.78 is 36.7. The Morgan fingerprint density at radius 1 is 1.48 bits per heavy atom. The van der Waals surface area contributed by atoms with Crippen LogP contribution in [0.5, 0.6) is 5.75 Å². The molecule has 1 N–H and O–H groups in total. The smallest absolute Gasteiger partial charge is 0.407 e. The molecule has 2 fully saturated rings. The van der Waals surface area contributed by atoms with E-state index in [1.54, 1.807) is 13.8 Å². The number of amides is 1. The highest BCUT2D eigenvalue weighted by Gasteiger charge is 2.41. The fourth-order valence-electron chi connectivity index (χ4n) is 2.77. The van der Waals surface area contributed by atoms with Crippen molar-refractivity contribution in [2.24, 2.45) is 0 Å². The van der Waals surface area contributed by atoms with E-state index in [1.165, 1.54) is 6.07 Å². The number of carbonyl (C=O) groups is 1. The molecule has 0 saturated carbocycles. The molecule has 6 nitrogen and oxygen atoms in total. The fourth-order valence-corrected chi connectivity index (χ4v) is 2.98. The number of ether oxygens (including phenoxy) is 4. The van der Waals surface area contributed by atoms with Gasteiger partial charge in [-0.25, -0.2) is 9.18 Å². The first kappa shape index (κ1) is 16.3. The Morgan fingerprint density at radius 2 is 2.17 bits per heavy atom. The van der Waals surface area contributed by atoms with E-state index in [0.29, 0.717) is 25.4 Å². The van der Waals surface area contributed by atoms with Crippen LogP contribution in [-0.4, -0.2) is 32.5 Å². The van der Waals surface area contributed by atoms with Crippen LogP contribution < -0.4 is 10.1 Å². The van der Waals surface area contributed by atoms with Crippen molar-refractivity contribution >= 4 is 17.7 Å². The maximum atomic E-state index is 14.6. The predicted molar refractivity (Wildman–Crippen MR) is 79.1 cm³/mol. The minimum atomic E-state index is -1.09. The van der Waals surface area contributed by atoms with Crippen LogP contribution in [0.3, 0.4) is 0 Å². The zero-order valence-corrected chi connectivity index (χ0v) is 13.5. The second kappa shape index (κ2) is 6.14. The van der Waals surface area contributed by atoms with Crippen LogP contribution in [0, 0.1) is 5.82 Å². The van der Waals surface area contributed by atoms with Crippen molar-refractivity contribution < 1.29 is 28.1 Å². The van der Waals surface area contributed by atoms with Gasteiger partial charge < -0.3 is 24.3 Å². The third kappa shape index (κ3) is 2.84. The van der Waals surface area contributed by atoms with Gasteiger partial charge in [0.1, 0.15) is 5.75 Å². The van der Waals surface area contributed by atoms with Gasteiger partial charge in [-0.3, -0.25) is 0 Å². The molecule has 126 valence electrons. The first-order valence-corrected chi connectivity index (χ1v) is 7.71. The number of carbonyl (C=O) groups excluding carboxylic acids is 1. The molecule has 3 rings (SSSR count). The lowest BCUT2D eigenvalue weighted by atomic mass is 9.98. The normalized spacial score (nSPS) is 22.8. The van der Waals surface area contributed by atoms with Gasteiger partial charge in [-0.05, 0) is 19.9 Å². The first-order valence-electron chi connectivity index (χ1n) is 7.34. The van der Waals surface area contributed by atoms with Crippen molar-refractivity contribution in [3.05, 3.63) is 28.0 Å². The van der Waals surface area contributed by atoms with E-state index in [0.717, 1.165) is 0 Å². The van der Waals surface area contributed by atoms with Crippen molar-refractivity contribution in [3.63, 3.8) is 0 Å². The van der Waals surface area contributed by atoms with Gasteiger partial charge in [-0.1, -0.05) is 11.6 Å². The van der Waals surface area contributed by atoms with Gasteiger partial charge >= 0.3 is 6.09 Å². The molecular formula is C15H17ClFNO5. The number of benzene rings is 1. The van der Waals surface area contributed by atoms with Crippen LogP contribution in [0.2, 0.25) is 5.02 Å². The molecule has 0 aromatic heterocycles. The third-order valence-corrected chi connectivity index (χ3v) is 4.10. The quantitative estimate of drug-likeness (QED) is 0.909. The van der Waals surface area contributed by atoms with E-state index in [2.05, 4.69) is 5.32 Å². The zero-order valence-electron chi connectivity index (χ0n) is 12.8. The van der Waals surface area contributed by atoms with Crippen molar-refractivity contribution in [2.45, 2.75) is 25.7 Å². The van der Waals surface area contributed by atoms with Gasteiger partial charge in [0.15, 0.2) is 17.7 Å². The molecule has 0 bridgehead atoms. The Hall–Kier alpha value is -1.57. The Bertz CT molecular complexity index is 633. The van der Waals surface area contributed by atoms with Crippen LogP contribution in [0.1, 0.15) is 31.1 Å². The minimum absolute atomic E-state index is 0.0908. The standard InChI is InChI=1S/C15H17ClFNO5/c1-3-20-13-8(15(2)21-4-5-22-15)6-9(16)12(17)11(13)10-7-18-14(19)23-10/h6,10H,3-5,7H2,1-2H3,(H,18,19)/t10-/m0/s1. The van der Waals surface area contributed by atoms with Gasteiger partial charge in [-0.2, -0.15) is 0 Å². The van der Waals surface area contributed by atoms with E-state index in [9.17, 15) is 9.18 Å². The molecule has 2 aliphatic heterocycles. The first-order chi connectivity index (χ1) is 11.0. The maximum absolute atomic E-state index is 14.6. The van der Waals surface area contributed by atoms with Crippen molar-refractivity contribution in [2.75, 3.05) is 26.4 Å². The van der Waals surface area contributed by atoms with Crippen LogP contribution >= 0.6 is 11.6 Å². The molecule has 1 aromatic rings. The Morgan fingerprint density at radius 3 is 2.74 bits per heavy atom. The minimum Gasteiger partial charge on any atom is -0.493 e. The number of rotatable bonds is 4. The molecule has 0 radical (unpaired) electrons. The average Bonchev–Trinajstić information content (AvgIpc) is 3.13. The molecule has 8 heteroatoms. The Kier molecular flexibility index (Phi) is 4.35. The lowest BCUT2D eigenvalue weighted by molar-refractivity contribution is -0.151. The Labute approximate surface area is 137 Å². The number of alkyl carbamates (subject to hydrolysis) is 1. The summed E-state index contributed by atoms with van der Waals surface area (Å²) in [6, 6.07) is 1.43. The number of nitrogens with one attached hydrogen (secondary N) is 1. The van der Waals surface area contributed by atoms with Crippen molar-refractivity contribution in [3.8, 4) is 5.75 Å². The van der Waals surface area contributed by atoms with E-state index in [-0.39, 0.29) is 22.9 Å². The van der Waals surface area contributed by atoms with E-state index >= 15 is 0 Å². The average molecular weight is 346 g/mol. The molecule has 0 spiro atoms. The van der Waals surface area contributed by atoms with E-state index in [4.69, 9.17) is 30.5 Å². The summed E-state index contributed by atoms with van der Waals surface area (Å²) in [5, 5.41) is 2.38. The SMILES string of the molecule is CCOc1c(C2(C)OCCO2)cc(Cl)c(F)c1[C@@H]1CNC(=O)O1. The van der Waals surface area contributed by atoms with E-state index in [1.807, 2.05) is 0 Å². The third-order valence-electron chi connectivity index (χ3n) is 3.83. The van der Waals surface area contributed by atoms with Crippen LogP contribution in [0.4, 0.5) is 9.18 Å². The van der Waals surface area contributed by atoms with Gasteiger partial charge in [-0.15, -0.1) is 0 Å². The molecule has 1 amide bonds. The number of hydrogen-bond acceptors (Lipinski definition) is 5. The molecule has 2 aliphatic rings. The molecule has 1 aromatic carbocycles. The number of hydrogen-bond donors (Lipinski definition) is 1. The highest BCUT2D eigenvalue weighted by molar-refractivity contribution is 6.31. The predicted octanol–water partition coefficient (Wildman–Crippen LogP) is 2.88. The maximum Gasteiger partial charge on any atom is 0.407 e. The highest BCUT2D eigenvalue weighted by atomic mass is 35.5. The number of cyclic esters (lactones) is 1. The lowest BCUT2D eigenvalue weighted by Crippen LogP contribution is -2.25. The summed E-state index contributed by atoms with van der Waals surface area (Å²) >= 11 is 6.04. The van der Waals surface area contributed by atoms with Crippen LogP contribution in [0.25, 0.3) is 0 Å². The highest BCUT2D eigenvalue weighted by Crippen LogP contribution is 2.45. The summed E-state index contributed by atoms with van der Waals surface area (Å²) in [5.74, 6) is -1.53. The Balaban J connectivity index is 2.16. The molecular weight excluding hydrogens is 329 g/mol. The summed E-state index contributed by atoms with van der Waals surface area (Å²) in [4.78, 5) is 11.3. The molecule has 23 heavy (non-hydrogen) atoms. The van der Waals surface area contributed by atoms with Gasteiger partial charge in [0.25, 0.3) is 0 Å². The lowest BCUT2D eigenvalue weighted by Gasteiger charge is -2.28. The molecule has 0 aliphatic carbocycles. The van der Waals surface area contributed by atoms with Crippen LogP contribution in [0.15, 0.2) is 6.07 Å². The fraction of sp³-hybridized carbons (Fsp3) is 0.533. The summed E-state index contributed by atoms with van der Waals surface area (Å²) in [5.41, 5.74) is 0.564. The second-order valence-corrected chi connectivity index (χ2v) is 5.72. The molecule has 2 heterocycles. The van der Waals surface area contributed by atoms with Crippen molar-refractivity contribution in [1.29, 1.82) is 0 Å². The van der Waals surface area contributed by atoms with Crippen LogP contribution in [-0.2, 0) is 20.0 Å². The summed E-state index contributed by atoms with van der Waals surface area (Å²) in [7, 11) is 0. The second-order valence-electron chi connectivity index (χ2n) is 5.31. The monoisotopic (exact) mass is 345 g/mol. The van der Waals surface area contributed by atoms with Gasteiger partial charge in [0.05, 0.1) is 42.5 Å². The number of halogens is 2. The van der Waals surface area contributed by atoms with Crippen molar-refractivity contribution in [1.82, 2.24) is 5.32 Å². The summed E-state index contributed by atoms with van der Waals surface area (Å²) in [6.45, 7) is 4.74. The molecule has 2 saturated heterocycles. The summed E-state index contributed by atoms with van der Waals surface area (Å²) in [6.07, 6.45) is -1.44. The van der Waals surface area contributed by atoms with Gasteiger partial charge in [0.2, 0.25) is 0 Å². The molecule has 1 atom stereocenters. The largest absolute Gasteiger partial charge is 0.493 e. The zero-order chi connectivity index (χ0) is 16.6. The van der Waals surface area contributed by atoms with Gasteiger partial charge in [0, 0.05) is 0 Å². The topological polar surface area (TPSA) is 66.0 Å².